The van der Waals surface area contributed by atoms with Gasteiger partial charge in [0.15, 0.2) is 0 Å². The number of hydrogen-bond acceptors (Lipinski definition) is 8. The van der Waals surface area contributed by atoms with E-state index in [0.717, 1.165) is 6.42 Å². The van der Waals surface area contributed by atoms with Crippen LogP contribution in [0.4, 0.5) is 0 Å². The van der Waals surface area contributed by atoms with Crippen molar-refractivity contribution < 1.29 is 29.4 Å². The molecule has 0 aromatic carbocycles. The average molecular weight is 478 g/mol. The molecule has 0 heterocycles. The molecule has 0 aliphatic rings. The van der Waals surface area contributed by atoms with Crippen molar-refractivity contribution >= 4 is 35.5 Å². The van der Waals surface area contributed by atoms with Gasteiger partial charge < -0.3 is 37.6 Å². The van der Waals surface area contributed by atoms with Gasteiger partial charge in [-0.2, -0.15) is 11.8 Å². The Labute approximate surface area is 193 Å². The van der Waals surface area contributed by atoms with E-state index in [1.54, 1.807) is 13.8 Å². The zero-order valence-electron chi connectivity index (χ0n) is 19.1. The summed E-state index contributed by atoms with van der Waals surface area (Å²) < 4.78 is 0. The fraction of sp³-hybridized carbons (Fsp3) is 0.800. The molecule has 0 radical (unpaired) electrons. The molecule has 5 unspecified atom stereocenters. The van der Waals surface area contributed by atoms with E-state index < -0.39 is 54.5 Å². The number of hydrogen-bond donors (Lipinski definition) is 7. The lowest BCUT2D eigenvalue weighted by molar-refractivity contribution is -0.144. The number of rotatable bonds is 17. The first-order chi connectivity index (χ1) is 15.1. The van der Waals surface area contributed by atoms with Gasteiger partial charge in [0.1, 0.15) is 18.1 Å². The Hall–Kier alpha value is -1.89. The van der Waals surface area contributed by atoms with Crippen LogP contribution in [0.1, 0.15) is 46.0 Å². The van der Waals surface area contributed by atoms with Gasteiger partial charge in [-0.15, -0.1) is 0 Å². The lowest BCUT2D eigenvalue weighted by atomic mass is 9.99. The number of aliphatic hydroxyl groups excluding tert-OH is 1. The molecule has 3 amide bonds. The molecule has 32 heavy (non-hydrogen) atoms. The molecule has 0 aromatic heterocycles. The van der Waals surface area contributed by atoms with E-state index in [0.29, 0.717) is 38.0 Å². The third-order valence-electron chi connectivity index (χ3n) is 5.14. The molecule has 186 valence electrons. The third kappa shape index (κ3) is 11.1. The average Bonchev–Trinajstić information content (AvgIpc) is 2.77. The highest BCUT2D eigenvalue weighted by Crippen LogP contribution is 2.09. The highest BCUT2D eigenvalue weighted by Gasteiger charge is 2.31. The Morgan fingerprint density at radius 1 is 0.969 bits per heavy atom. The molecule has 0 aliphatic heterocycles. The molecule has 0 saturated heterocycles. The molecular formula is C20H39N5O6S. The fourth-order valence-electron chi connectivity index (χ4n) is 2.83. The summed E-state index contributed by atoms with van der Waals surface area (Å²) in [6, 6.07) is -4.27. The van der Waals surface area contributed by atoms with Crippen LogP contribution >= 0.6 is 11.8 Å². The number of amides is 3. The summed E-state index contributed by atoms with van der Waals surface area (Å²) in [5, 5.41) is 26.3. The first-order valence-corrected chi connectivity index (χ1v) is 12.2. The van der Waals surface area contributed by atoms with E-state index in [2.05, 4.69) is 16.0 Å². The van der Waals surface area contributed by atoms with Gasteiger partial charge in [0, 0.05) is 0 Å². The smallest absolute Gasteiger partial charge is 0.326 e. The van der Waals surface area contributed by atoms with E-state index in [1.165, 1.54) is 11.8 Å². The molecular weight excluding hydrogens is 438 g/mol. The van der Waals surface area contributed by atoms with Gasteiger partial charge in [0.25, 0.3) is 0 Å². The SMILES string of the molecule is CCC(C)C(NC(=O)C(CO)NC(=O)C(CCSC)NC(=O)C(N)CCCCN)C(=O)O. The molecule has 0 aliphatic carbocycles. The molecule has 12 heteroatoms. The number of carbonyl (C=O) groups is 4. The van der Waals surface area contributed by atoms with E-state index in [4.69, 9.17) is 11.5 Å². The summed E-state index contributed by atoms with van der Waals surface area (Å²) >= 11 is 1.48. The van der Waals surface area contributed by atoms with Crippen molar-refractivity contribution in [3.8, 4) is 0 Å². The maximum absolute atomic E-state index is 12.8. The maximum Gasteiger partial charge on any atom is 0.326 e. The summed E-state index contributed by atoms with van der Waals surface area (Å²) in [7, 11) is 0. The molecule has 0 spiro atoms. The van der Waals surface area contributed by atoms with Crippen LogP contribution in [0.5, 0.6) is 0 Å². The summed E-state index contributed by atoms with van der Waals surface area (Å²) in [5.74, 6) is -2.96. The first kappa shape index (κ1) is 30.1. The van der Waals surface area contributed by atoms with Crippen molar-refractivity contribution in [2.45, 2.75) is 70.1 Å². The van der Waals surface area contributed by atoms with Crippen molar-refractivity contribution in [1.82, 2.24) is 16.0 Å². The van der Waals surface area contributed by atoms with Crippen LogP contribution in [0.25, 0.3) is 0 Å². The van der Waals surface area contributed by atoms with E-state index in [-0.39, 0.29) is 5.92 Å². The van der Waals surface area contributed by atoms with Crippen molar-refractivity contribution in [2.24, 2.45) is 17.4 Å². The lowest BCUT2D eigenvalue weighted by Gasteiger charge is -2.25. The number of carbonyl (C=O) groups excluding carboxylic acids is 3. The second kappa shape index (κ2) is 16.7. The third-order valence-corrected chi connectivity index (χ3v) is 5.79. The monoisotopic (exact) mass is 477 g/mol. The number of carboxylic acid groups (broad SMARTS) is 1. The molecule has 0 aromatic rings. The zero-order chi connectivity index (χ0) is 24.7. The van der Waals surface area contributed by atoms with Gasteiger partial charge in [-0.05, 0) is 43.7 Å². The molecule has 0 saturated carbocycles. The van der Waals surface area contributed by atoms with E-state index in [1.807, 2.05) is 6.26 Å². The number of nitrogens with one attached hydrogen (secondary N) is 3. The quantitative estimate of drug-likeness (QED) is 0.125. The minimum Gasteiger partial charge on any atom is -0.480 e. The molecule has 0 rings (SSSR count). The number of carboxylic acids is 1. The summed E-state index contributed by atoms with van der Waals surface area (Å²) in [4.78, 5) is 49.1. The predicted octanol–water partition coefficient (Wildman–Crippen LogP) is -1.23. The van der Waals surface area contributed by atoms with Crippen LogP contribution in [0, 0.1) is 5.92 Å². The van der Waals surface area contributed by atoms with Gasteiger partial charge in [-0.25, -0.2) is 4.79 Å². The Morgan fingerprint density at radius 3 is 2.06 bits per heavy atom. The summed E-state index contributed by atoms with van der Waals surface area (Å²) in [6.07, 6.45) is 4.49. The van der Waals surface area contributed by atoms with E-state index in [9.17, 15) is 29.4 Å². The highest BCUT2D eigenvalue weighted by molar-refractivity contribution is 7.98. The van der Waals surface area contributed by atoms with Gasteiger partial charge in [0.2, 0.25) is 17.7 Å². The highest BCUT2D eigenvalue weighted by atomic mass is 32.2. The number of nitrogens with two attached hydrogens (primary N) is 2. The van der Waals surface area contributed by atoms with Crippen LogP contribution in [0.15, 0.2) is 0 Å². The minimum absolute atomic E-state index is 0.290. The molecule has 11 nitrogen and oxygen atoms in total. The Kier molecular flexibility index (Phi) is 15.7. The number of aliphatic hydroxyl groups is 1. The lowest BCUT2D eigenvalue weighted by Crippen LogP contribution is -2.58. The molecule has 0 fully saturated rings. The number of unbranched alkanes of at least 4 members (excludes halogenated alkanes) is 1. The van der Waals surface area contributed by atoms with Crippen LogP contribution < -0.4 is 27.4 Å². The van der Waals surface area contributed by atoms with Crippen molar-refractivity contribution in [3.05, 3.63) is 0 Å². The number of aliphatic carboxylic acids is 1. The van der Waals surface area contributed by atoms with Crippen LogP contribution in [-0.4, -0.2) is 83.2 Å². The Balaban J connectivity index is 5.16. The topological polar surface area (TPSA) is 197 Å². The normalized spacial score (nSPS) is 15.7. The van der Waals surface area contributed by atoms with Crippen molar-refractivity contribution in [2.75, 3.05) is 25.2 Å². The van der Waals surface area contributed by atoms with Crippen LogP contribution in [0.3, 0.4) is 0 Å². The van der Waals surface area contributed by atoms with Crippen LogP contribution in [0.2, 0.25) is 0 Å². The molecule has 9 N–H and O–H groups in total. The summed E-state index contributed by atoms with van der Waals surface area (Å²) in [5.41, 5.74) is 11.3. The van der Waals surface area contributed by atoms with Crippen molar-refractivity contribution in [3.63, 3.8) is 0 Å². The zero-order valence-corrected chi connectivity index (χ0v) is 20.0. The first-order valence-electron chi connectivity index (χ1n) is 10.8. The fourth-order valence-corrected chi connectivity index (χ4v) is 3.30. The van der Waals surface area contributed by atoms with Crippen molar-refractivity contribution in [1.29, 1.82) is 0 Å². The van der Waals surface area contributed by atoms with Gasteiger partial charge in [-0.3, -0.25) is 14.4 Å². The second-order valence-corrected chi connectivity index (χ2v) is 8.67. The Morgan fingerprint density at radius 2 is 1.56 bits per heavy atom. The minimum atomic E-state index is -1.36. The molecule has 5 atom stereocenters. The Bertz CT molecular complexity index is 609. The van der Waals surface area contributed by atoms with Gasteiger partial charge in [0.05, 0.1) is 12.6 Å². The van der Waals surface area contributed by atoms with E-state index >= 15 is 0 Å². The number of thioether (sulfide) groups is 1. The van der Waals surface area contributed by atoms with Gasteiger partial charge >= 0.3 is 5.97 Å². The summed E-state index contributed by atoms with van der Waals surface area (Å²) in [6.45, 7) is 3.23. The standard InChI is InChI=1S/C20H39N5O6S/c1-4-12(2)16(20(30)31)25-19(29)15(11-26)24-18(28)14(8-10-32-3)23-17(27)13(22)7-5-6-9-21/h12-16,26H,4-11,21-22H2,1-3H3,(H,23,27)(H,24,28)(H,25,29)(H,30,31). The largest absolute Gasteiger partial charge is 0.480 e. The second-order valence-electron chi connectivity index (χ2n) is 7.69. The molecule has 0 bridgehead atoms. The van der Waals surface area contributed by atoms with Crippen LogP contribution in [-0.2, 0) is 19.2 Å². The van der Waals surface area contributed by atoms with Gasteiger partial charge in [-0.1, -0.05) is 26.7 Å². The maximum atomic E-state index is 12.8. The predicted molar refractivity (Wildman–Crippen MR) is 124 cm³/mol.